The number of thiocarbonyl (C=S) groups is 1. The fourth-order valence-corrected chi connectivity index (χ4v) is 6.24. The molecule has 0 radical (unpaired) electrons. The lowest BCUT2D eigenvalue weighted by molar-refractivity contribution is -0.146. The Balaban J connectivity index is 1.65. The molecule has 166 valence electrons. The molecule has 0 bridgehead atoms. The van der Waals surface area contributed by atoms with E-state index < -0.39 is 18.0 Å². The first kappa shape index (κ1) is 21.7. The second-order valence-electron chi connectivity index (χ2n) is 9.14. The fraction of sp³-hybridized carbons (Fsp3) is 0.762. The van der Waals surface area contributed by atoms with Gasteiger partial charge in [0.05, 0.1) is 24.2 Å². The van der Waals surface area contributed by atoms with E-state index in [9.17, 15) is 19.8 Å². The smallest absolute Gasteiger partial charge is 0.307 e. The molecule has 30 heavy (non-hydrogen) atoms. The molecule has 7 atom stereocenters. The molecule has 0 amide bonds. The van der Waals surface area contributed by atoms with Gasteiger partial charge >= 0.3 is 5.97 Å². The molecule has 1 heterocycles. The molecule has 6 N–H and O–H groups in total. The van der Waals surface area contributed by atoms with Crippen LogP contribution in [0, 0.1) is 17.8 Å². The second-order valence-corrected chi connectivity index (χ2v) is 9.55. The highest BCUT2D eigenvalue weighted by Gasteiger charge is 2.48. The number of rotatable bonds is 3. The number of hydrazine groups is 1. The highest BCUT2D eigenvalue weighted by molar-refractivity contribution is 7.80. The lowest BCUT2D eigenvalue weighted by atomic mass is 9.63. The Hall–Kier alpha value is -1.55. The van der Waals surface area contributed by atoms with Crippen LogP contribution in [-0.4, -0.2) is 51.4 Å². The summed E-state index contributed by atoms with van der Waals surface area (Å²) in [7, 11) is 0. The standard InChI is InChI=1S/C21H31N3O5S/c22-24-21(30)23-10-1-4-13(16(7-10)20(27)28)19-14-5-2-11(25)8-17(14)29-18-9-12(26)3-6-15(18)19/h10-11,13-14,16-18,25H,1-9,22H2,(H,27,28)(H2,23,24,30). The summed E-state index contributed by atoms with van der Waals surface area (Å²) in [4.78, 5) is 24.4. The van der Waals surface area contributed by atoms with Crippen LogP contribution in [0.25, 0.3) is 0 Å². The number of ketones is 1. The predicted molar refractivity (Wildman–Crippen MR) is 113 cm³/mol. The van der Waals surface area contributed by atoms with Crippen molar-refractivity contribution in [2.24, 2.45) is 23.6 Å². The van der Waals surface area contributed by atoms with Gasteiger partial charge in [-0.15, -0.1) is 0 Å². The number of nitrogens with two attached hydrogens (primary N) is 1. The number of hydrogen-bond acceptors (Lipinski definition) is 6. The number of carbonyl (C=O) groups excluding carboxylic acids is 1. The number of aliphatic hydroxyl groups excluding tert-OH is 1. The van der Waals surface area contributed by atoms with E-state index in [-0.39, 0.29) is 35.9 Å². The highest BCUT2D eigenvalue weighted by atomic mass is 32.1. The Morgan fingerprint density at radius 1 is 1.13 bits per heavy atom. The van der Waals surface area contributed by atoms with Crippen molar-refractivity contribution in [1.82, 2.24) is 10.7 Å². The number of Topliss-reactive ketones (excluding diaryl/α,β-unsaturated/α-hetero) is 1. The number of carbonyl (C=O) groups is 2. The van der Waals surface area contributed by atoms with Crippen LogP contribution in [0.5, 0.6) is 0 Å². The van der Waals surface area contributed by atoms with Gasteiger partial charge in [-0.2, -0.15) is 0 Å². The number of aliphatic carboxylic acids is 1. The van der Waals surface area contributed by atoms with Gasteiger partial charge in [-0.05, 0) is 62.2 Å². The van der Waals surface area contributed by atoms with Crippen LogP contribution < -0.4 is 16.6 Å². The van der Waals surface area contributed by atoms with E-state index in [1.165, 1.54) is 5.57 Å². The number of nitrogens with one attached hydrogen (secondary N) is 2. The van der Waals surface area contributed by atoms with Gasteiger partial charge in [0, 0.05) is 31.2 Å². The molecule has 0 aromatic carbocycles. The van der Waals surface area contributed by atoms with E-state index >= 15 is 0 Å². The molecule has 1 aliphatic heterocycles. The zero-order valence-corrected chi connectivity index (χ0v) is 17.8. The number of hydrogen-bond donors (Lipinski definition) is 5. The third-order valence-corrected chi connectivity index (χ3v) is 7.62. The largest absolute Gasteiger partial charge is 0.481 e. The summed E-state index contributed by atoms with van der Waals surface area (Å²) in [6.45, 7) is 0. The average Bonchev–Trinajstić information content (AvgIpc) is 2.71. The lowest BCUT2D eigenvalue weighted by Gasteiger charge is -2.49. The summed E-state index contributed by atoms with van der Waals surface area (Å²) in [5, 5.41) is 23.7. The van der Waals surface area contributed by atoms with Gasteiger partial charge in [0.1, 0.15) is 5.78 Å². The molecule has 8 nitrogen and oxygen atoms in total. The van der Waals surface area contributed by atoms with Crippen molar-refractivity contribution in [2.45, 2.75) is 82.1 Å². The predicted octanol–water partition coefficient (Wildman–Crippen LogP) is 1.17. The number of fused-ring (bicyclic) bond motifs is 2. The van der Waals surface area contributed by atoms with E-state index in [2.05, 4.69) is 10.7 Å². The van der Waals surface area contributed by atoms with Crippen molar-refractivity contribution in [2.75, 3.05) is 0 Å². The molecule has 0 saturated heterocycles. The van der Waals surface area contributed by atoms with Crippen LogP contribution in [0.3, 0.4) is 0 Å². The van der Waals surface area contributed by atoms with E-state index in [1.54, 1.807) is 0 Å². The topological polar surface area (TPSA) is 134 Å². The first-order valence-corrected chi connectivity index (χ1v) is 11.4. The normalized spacial score (nSPS) is 39.0. The van der Waals surface area contributed by atoms with Crippen molar-refractivity contribution >= 4 is 29.1 Å². The molecule has 7 unspecified atom stereocenters. The summed E-state index contributed by atoms with van der Waals surface area (Å²) < 4.78 is 6.30. The van der Waals surface area contributed by atoms with E-state index in [0.717, 1.165) is 24.8 Å². The zero-order valence-electron chi connectivity index (χ0n) is 17.0. The van der Waals surface area contributed by atoms with Gasteiger partial charge < -0.3 is 25.7 Å². The Bertz CT molecular complexity index is 757. The maximum atomic E-state index is 12.3. The van der Waals surface area contributed by atoms with Crippen molar-refractivity contribution in [3.05, 3.63) is 11.1 Å². The summed E-state index contributed by atoms with van der Waals surface area (Å²) in [5.74, 6) is 4.30. The van der Waals surface area contributed by atoms with Crippen molar-refractivity contribution in [3.63, 3.8) is 0 Å². The Morgan fingerprint density at radius 2 is 1.90 bits per heavy atom. The van der Waals surface area contributed by atoms with Crippen molar-refractivity contribution in [1.29, 1.82) is 0 Å². The minimum Gasteiger partial charge on any atom is -0.481 e. The summed E-state index contributed by atoms with van der Waals surface area (Å²) in [6, 6.07) is -0.0379. The third kappa shape index (κ3) is 4.26. The molecule has 3 saturated carbocycles. The number of aliphatic hydroxyl groups is 1. The first-order chi connectivity index (χ1) is 14.4. The Kier molecular flexibility index (Phi) is 6.43. The number of ether oxygens (including phenoxy) is 1. The van der Waals surface area contributed by atoms with Crippen LogP contribution in [-0.2, 0) is 14.3 Å². The van der Waals surface area contributed by atoms with E-state index in [4.69, 9.17) is 22.8 Å². The highest BCUT2D eigenvalue weighted by Crippen LogP contribution is 2.50. The molecular weight excluding hydrogens is 406 g/mol. The summed E-state index contributed by atoms with van der Waals surface area (Å²) in [6.07, 6.45) is 4.82. The molecule has 0 aromatic heterocycles. The van der Waals surface area contributed by atoms with Crippen LogP contribution >= 0.6 is 12.2 Å². The zero-order chi connectivity index (χ0) is 21.4. The third-order valence-electron chi connectivity index (χ3n) is 7.38. The van der Waals surface area contributed by atoms with Gasteiger partial charge in [0.25, 0.3) is 0 Å². The maximum absolute atomic E-state index is 12.3. The van der Waals surface area contributed by atoms with Crippen molar-refractivity contribution < 1.29 is 24.5 Å². The van der Waals surface area contributed by atoms with Gasteiger partial charge in [-0.25, -0.2) is 5.84 Å². The SMILES string of the molecule is NNC(=S)NC1CCC(C2=C3CCC(=O)CC3OC3CC(O)CCC23)C(C(=O)O)C1. The monoisotopic (exact) mass is 437 g/mol. The van der Waals surface area contributed by atoms with Crippen LogP contribution in [0.2, 0.25) is 0 Å². The number of carboxylic acids is 1. The summed E-state index contributed by atoms with van der Waals surface area (Å²) in [5.41, 5.74) is 4.79. The Morgan fingerprint density at radius 3 is 2.63 bits per heavy atom. The molecule has 3 aliphatic carbocycles. The molecule has 4 rings (SSSR count). The summed E-state index contributed by atoms with van der Waals surface area (Å²) >= 11 is 5.09. The van der Waals surface area contributed by atoms with Gasteiger partial charge in [-0.3, -0.25) is 9.59 Å². The van der Waals surface area contributed by atoms with Crippen molar-refractivity contribution in [3.8, 4) is 0 Å². The van der Waals surface area contributed by atoms with Crippen LogP contribution in [0.1, 0.15) is 57.8 Å². The van der Waals surface area contributed by atoms with Gasteiger partial charge in [0.2, 0.25) is 0 Å². The lowest BCUT2D eigenvalue weighted by Crippen LogP contribution is -2.51. The fourth-order valence-electron chi connectivity index (χ4n) is 6.08. The molecular formula is C21H31N3O5S. The molecule has 9 heteroatoms. The molecule has 3 fully saturated rings. The number of carboxylic acid groups (broad SMARTS) is 1. The van der Waals surface area contributed by atoms with E-state index in [1.807, 2.05) is 0 Å². The molecule has 0 spiro atoms. The quantitative estimate of drug-likeness (QED) is 0.191. The van der Waals surface area contributed by atoms with Crippen LogP contribution in [0.4, 0.5) is 0 Å². The minimum absolute atomic E-state index is 0.0379. The molecule has 4 aliphatic rings. The maximum Gasteiger partial charge on any atom is 0.307 e. The Labute approximate surface area is 181 Å². The second kappa shape index (κ2) is 8.90. The van der Waals surface area contributed by atoms with Gasteiger partial charge in [0.15, 0.2) is 5.11 Å². The van der Waals surface area contributed by atoms with Gasteiger partial charge in [-0.1, -0.05) is 5.57 Å². The van der Waals surface area contributed by atoms with Crippen LogP contribution in [0.15, 0.2) is 11.1 Å². The average molecular weight is 438 g/mol. The molecule has 0 aromatic rings. The first-order valence-electron chi connectivity index (χ1n) is 10.9. The van der Waals surface area contributed by atoms with E-state index in [0.29, 0.717) is 43.6 Å². The minimum atomic E-state index is -0.798.